The van der Waals surface area contributed by atoms with Crippen molar-refractivity contribution < 1.29 is 17.3 Å². The first-order chi connectivity index (χ1) is 15.5. The van der Waals surface area contributed by atoms with Crippen LogP contribution in [0.5, 0.6) is 0 Å². The maximum absolute atomic E-state index is 2.55. The number of anilines is 2. The van der Waals surface area contributed by atoms with Crippen LogP contribution in [0, 0.1) is 0 Å². The standard InChI is InChI=1S/C29H33N3.ClH/c1-6-31-25-19-21-13-8-9-14-22(21)20-26(25)32(7-2)28(31)18-12-17-27-29(3,4)23-15-10-11-16-24(23)30(27)5;/h8-20,28H,6-7H2,1-5H3;1H/b18-12+,27-17+;. The number of nitrogens with one attached hydrogen (secondary N) is 1. The summed E-state index contributed by atoms with van der Waals surface area (Å²) < 4.78 is 0. The second kappa shape index (κ2) is 8.89. The van der Waals surface area contributed by atoms with Gasteiger partial charge in [-0.2, -0.15) is 0 Å². The van der Waals surface area contributed by atoms with Crippen LogP contribution in [0.15, 0.2) is 84.6 Å². The number of benzene rings is 3. The highest BCUT2D eigenvalue weighted by molar-refractivity contribution is 5.91. The fourth-order valence-electron chi connectivity index (χ4n) is 5.76. The van der Waals surface area contributed by atoms with Gasteiger partial charge < -0.3 is 22.2 Å². The summed E-state index contributed by atoms with van der Waals surface area (Å²) in [6, 6.07) is 22.2. The SMILES string of the molecule is CCN1c2cc3ccccc3cc2[NH+](CC)C1/C=C/C=C1/N(C)c2ccccc2C1(C)C.[Cl-]. The zero-order valence-electron chi connectivity index (χ0n) is 20.3. The maximum Gasteiger partial charge on any atom is 0.187 e. The van der Waals surface area contributed by atoms with E-state index < -0.39 is 0 Å². The molecule has 2 heterocycles. The van der Waals surface area contributed by atoms with Crippen LogP contribution in [0.25, 0.3) is 10.8 Å². The van der Waals surface area contributed by atoms with Crippen molar-refractivity contribution in [1.29, 1.82) is 0 Å². The van der Waals surface area contributed by atoms with Gasteiger partial charge in [0, 0.05) is 36.5 Å². The first-order valence-electron chi connectivity index (χ1n) is 11.8. The third-order valence-electron chi connectivity index (χ3n) is 7.42. The van der Waals surface area contributed by atoms with Crippen LogP contribution in [0.3, 0.4) is 0 Å². The van der Waals surface area contributed by atoms with E-state index in [4.69, 9.17) is 0 Å². The Morgan fingerprint density at radius 3 is 2.27 bits per heavy atom. The Balaban J connectivity index is 0.00000259. The summed E-state index contributed by atoms with van der Waals surface area (Å²) in [7, 11) is 2.19. The van der Waals surface area contributed by atoms with E-state index >= 15 is 0 Å². The number of rotatable bonds is 4. The van der Waals surface area contributed by atoms with Crippen LogP contribution in [-0.2, 0) is 5.41 Å². The smallest absolute Gasteiger partial charge is 0.187 e. The summed E-state index contributed by atoms with van der Waals surface area (Å²) in [5.41, 5.74) is 6.86. The molecule has 172 valence electrons. The van der Waals surface area contributed by atoms with Gasteiger partial charge in [-0.05, 0) is 54.5 Å². The summed E-state index contributed by atoms with van der Waals surface area (Å²) >= 11 is 0. The molecule has 0 saturated carbocycles. The lowest BCUT2D eigenvalue weighted by Gasteiger charge is -2.25. The molecule has 2 atom stereocenters. The van der Waals surface area contributed by atoms with E-state index in [1.807, 2.05) is 0 Å². The van der Waals surface area contributed by atoms with E-state index in [1.54, 1.807) is 0 Å². The predicted octanol–water partition coefficient (Wildman–Crippen LogP) is 2.41. The molecule has 2 unspecified atom stereocenters. The highest BCUT2D eigenvalue weighted by atomic mass is 35.5. The van der Waals surface area contributed by atoms with Gasteiger partial charge in [0.25, 0.3) is 0 Å². The minimum atomic E-state index is 0. The Morgan fingerprint density at radius 2 is 1.61 bits per heavy atom. The maximum atomic E-state index is 2.55. The largest absolute Gasteiger partial charge is 1.00 e. The number of likely N-dealkylation sites (N-methyl/N-ethyl adjacent to an activating group) is 3. The molecule has 0 amide bonds. The molecule has 4 heteroatoms. The van der Waals surface area contributed by atoms with Crippen LogP contribution in [-0.4, -0.2) is 26.3 Å². The molecule has 3 aromatic rings. The van der Waals surface area contributed by atoms with Crippen LogP contribution >= 0.6 is 0 Å². The lowest BCUT2D eigenvalue weighted by atomic mass is 9.84. The van der Waals surface area contributed by atoms with E-state index in [0.717, 1.165) is 13.1 Å². The van der Waals surface area contributed by atoms with Crippen LogP contribution in [0.1, 0.15) is 33.3 Å². The van der Waals surface area contributed by atoms with E-state index in [9.17, 15) is 0 Å². The Labute approximate surface area is 204 Å². The van der Waals surface area contributed by atoms with E-state index in [0.29, 0.717) is 6.17 Å². The fraction of sp³-hybridized carbons (Fsp3) is 0.310. The Bertz CT molecular complexity index is 1180. The molecule has 1 N–H and O–H groups in total. The molecule has 3 nitrogen and oxygen atoms in total. The second-order valence-electron chi connectivity index (χ2n) is 9.46. The van der Waals surface area contributed by atoms with Gasteiger partial charge in [0.1, 0.15) is 5.69 Å². The normalized spacial score (nSPS) is 22.2. The molecular weight excluding hydrogens is 426 g/mol. The summed E-state index contributed by atoms with van der Waals surface area (Å²) in [5, 5.41) is 2.64. The van der Waals surface area contributed by atoms with Crippen molar-refractivity contribution in [2.75, 3.05) is 29.9 Å². The molecule has 0 fully saturated rings. The fourth-order valence-corrected chi connectivity index (χ4v) is 5.76. The van der Waals surface area contributed by atoms with E-state index in [-0.39, 0.29) is 17.8 Å². The van der Waals surface area contributed by atoms with Crippen LogP contribution in [0.2, 0.25) is 0 Å². The van der Waals surface area contributed by atoms with Gasteiger partial charge in [-0.25, -0.2) is 0 Å². The van der Waals surface area contributed by atoms with Gasteiger partial charge in [0.05, 0.1) is 6.54 Å². The van der Waals surface area contributed by atoms with Crippen molar-refractivity contribution in [2.24, 2.45) is 0 Å². The van der Waals surface area contributed by atoms with Crippen molar-refractivity contribution >= 4 is 27.8 Å². The van der Waals surface area contributed by atoms with Gasteiger partial charge in [-0.3, -0.25) is 4.90 Å². The molecule has 5 rings (SSSR count). The molecule has 33 heavy (non-hydrogen) atoms. The van der Waals surface area contributed by atoms with Crippen molar-refractivity contribution in [1.82, 2.24) is 0 Å². The Morgan fingerprint density at radius 1 is 0.939 bits per heavy atom. The first kappa shape index (κ1) is 23.4. The number of hydrogen-bond donors (Lipinski definition) is 1. The Kier molecular flexibility index (Phi) is 6.30. The first-order valence-corrected chi connectivity index (χ1v) is 11.8. The van der Waals surface area contributed by atoms with Crippen molar-refractivity contribution in [3.63, 3.8) is 0 Å². The number of allylic oxidation sites excluding steroid dienone is 3. The summed E-state index contributed by atoms with van der Waals surface area (Å²) in [5.74, 6) is 0. The molecule has 0 aromatic heterocycles. The quantitative estimate of drug-likeness (QED) is 0.642. The molecule has 0 aliphatic carbocycles. The summed E-state index contributed by atoms with van der Waals surface area (Å²) in [6.07, 6.45) is 7.31. The van der Waals surface area contributed by atoms with E-state index in [2.05, 4.69) is 123 Å². The number of para-hydroxylation sites is 1. The van der Waals surface area contributed by atoms with Crippen molar-refractivity contribution in [3.8, 4) is 0 Å². The number of halogens is 1. The molecule has 0 radical (unpaired) electrons. The molecule has 2 aliphatic rings. The van der Waals surface area contributed by atoms with Gasteiger partial charge in [0.15, 0.2) is 11.9 Å². The number of fused-ring (bicyclic) bond motifs is 3. The highest BCUT2D eigenvalue weighted by Gasteiger charge is 2.39. The van der Waals surface area contributed by atoms with E-state index in [1.165, 1.54) is 44.0 Å². The lowest BCUT2D eigenvalue weighted by Crippen LogP contribution is -3.10. The molecule has 2 aliphatic heterocycles. The number of hydrogen-bond acceptors (Lipinski definition) is 2. The third kappa shape index (κ3) is 3.64. The van der Waals surface area contributed by atoms with Crippen LogP contribution in [0.4, 0.5) is 17.1 Å². The number of quaternary nitrogens is 1. The average molecular weight is 460 g/mol. The minimum Gasteiger partial charge on any atom is -1.00 e. The minimum absolute atomic E-state index is 0. The second-order valence-corrected chi connectivity index (χ2v) is 9.46. The van der Waals surface area contributed by atoms with Crippen molar-refractivity contribution in [2.45, 2.75) is 39.3 Å². The Hall–Kier alpha value is -2.75. The van der Waals surface area contributed by atoms with Gasteiger partial charge >= 0.3 is 0 Å². The average Bonchev–Trinajstić information content (AvgIpc) is 3.20. The van der Waals surface area contributed by atoms with Gasteiger partial charge in [-0.1, -0.05) is 62.4 Å². The predicted molar refractivity (Wildman–Crippen MR) is 137 cm³/mol. The molecule has 0 saturated heterocycles. The summed E-state index contributed by atoms with van der Waals surface area (Å²) in [4.78, 5) is 6.41. The molecule has 0 spiro atoms. The monoisotopic (exact) mass is 459 g/mol. The van der Waals surface area contributed by atoms with Gasteiger partial charge in [0.2, 0.25) is 0 Å². The topological polar surface area (TPSA) is 10.9 Å². The lowest BCUT2D eigenvalue weighted by molar-refractivity contribution is -0.843. The zero-order chi connectivity index (χ0) is 22.5. The highest BCUT2D eigenvalue weighted by Crippen LogP contribution is 2.46. The zero-order valence-corrected chi connectivity index (χ0v) is 21.0. The molecule has 3 aromatic carbocycles. The third-order valence-corrected chi connectivity index (χ3v) is 7.42. The molecular formula is C29H34ClN3. The van der Waals surface area contributed by atoms with Gasteiger partial charge in [-0.15, -0.1) is 0 Å². The molecule has 0 bridgehead atoms. The van der Waals surface area contributed by atoms with Crippen molar-refractivity contribution in [3.05, 3.63) is 90.2 Å². The number of nitrogens with zero attached hydrogens (tertiary/aromatic N) is 2. The van der Waals surface area contributed by atoms with Crippen LogP contribution < -0.4 is 27.1 Å². The summed E-state index contributed by atoms with van der Waals surface area (Å²) in [6.45, 7) is 11.3.